The minimum atomic E-state index is 0.127. The van der Waals surface area contributed by atoms with Crippen LogP contribution in [0.5, 0.6) is 5.75 Å². The number of hydrogen-bond donors (Lipinski definition) is 1. The molecule has 3 heteroatoms. The summed E-state index contributed by atoms with van der Waals surface area (Å²) in [7, 11) is 1.68. The highest BCUT2D eigenvalue weighted by molar-refractivity contribution is 5.28. The van der Waals surface area contributed by atoms with Gasteiger partial charge < -0.3 is 14.8 Å². The molecule has 1 aromatic rings. The maximum Gasteiger partial charge on any atom is 0.118 e. The number of likely N-dealkylation sites (N-methyl/N-ethyl adjacent to an activating group) is 1. The van der Waals surface area contributed by atoms with E-state index in [0.29, 0.717) is 0 Å². The van der Waals surface area contributed by atoms with E-state index in [9.17, 15) is 0 Å². The molecule has 102 valence electrons. The zero-order valence-electron chi connectivity index (χ0n) is 11.7. The van der Waals surface area contributed by atoms with E-state index < -0.39 is 0 Å². The van der Waals surface area contributed by atoms with Gasteiger partial charge in [0.1, 0.15) is 5.75 Å². The second-order valence-corrected chi connectivity index (χ2v) is 4.29. The van der Waals surface area contributed by atoms with E-state index >= 15 is 0 Å². The molecule has 0 bridgehead atoms. The minimum absolute atomic E-state index is 0.127. The van der Waals surface area contributed by atoms with Gasteiger partial charge in [0.25, 0.3) is 0 Å². The highest BCUT2D eigenvalue weighted by atomic mass is 16.5. The Balaban J connectivity index is 2.60. The zero-order chi connectivity index (χ0) is 13.2. The fourth-order valence-corrected chi connectivity index (χ4v) is 1.74. The van der Waals surface area contributed by atoms with Crippen molar-refractivity contribution in [2.45, 2.75) is 32.8 Å². The van der Waals surface area contributed by atoms with Crippen LogP contribution in [-0.4, -0.2) is 26.8 Å². The first kappa shape index (κ1) is 15.0. The van der Waals surface area contributed by atoms with Crippen molar-refractivity contribution in [3.05, 3.63) is 29.8 Å². The highest BCUT2D eigenvalue weighted by Crippen LogP contribution is 2.20. The summed E-state index contributed by atoms with van der Waals surface area (Å²) >= 11 is 0. The first-order valence-corrected chi connectivity index (χ1v) is 6.78. The Morgan fingerprint density at radius 3 is 2.44 bits per heavy atom. The van der Waals surface area contributed by atoms with Gasteiger partial charge in [-0.3, -0.25) is 0 Å². The van der Waals surface area contributed by atoms with Crippen LogP contribution in [0, 0.1) is 0 Å². The third kappa shape index (κ3) is 5.07. The summed E-state index contributed by atoms with van der Waals surface area (Å²) in [6, 6.07) is 8.12. The topological polar surface area (TPSA) is 30.5 Å². The average Bonchev–Trinajstić information content (AvgIpc) is 2.43. The molecule has 0 saturated carbocycles. The molecule has 18 heavy (non-hydrogen) atoms. The minimum Gasteiger partial charge on any atom is -0.497 e. The van der Waals surface area contributed by atoms with Gasteiger partial charge in [-0.2, -0.15) is 0 Å². The summed E-state index contributed by atoms with van der Waals surface area (Å²) in [6.07, 6.45) is 2.40. The Kier molecular flexibility index (Phi) is 7.46. The van der Waals surface area contributed by atoms with E-state index in [4.69, 9.17) is 9.47 Å². The molecular weight excluding hydrogens is 226 g/mol. The van der Waals surface area contributed by atoms with Crippen molar-refractivity contribution in [1.82, 2.24) is 5.32 Å². The quantitative estimate of drug-likeness (QED) is 0.684. The summed E-state index contributed by atoms with van der Waals surface area (Å²) in [5.41, 5.74) is 1.20. The van der Waals surface area contributed by atoms with Crippen LogP contribution >= 0.6 is 0 Å². The molecule has 0 aliphatic rings. The molecule has 0 saturated heterocycles. The Morgan fingerprint density at radius 2 is 1.89 bits per heavy atom. The van der Waals surface area contributed by atoms with Gasteiger partial charge in [-0.25, -0.2) is 0 Å². The van der Waals surface area contributed by atoms with Gasteiger partial charge in [-0.1, -0.05) is 32.4 Å². The van der Waals surface area contributed by atoms with Crippen LogP contribution in [0.15, 0.2) is 24.3 Å². The van der Waals surface area contributed by atoms with E-state index in [0.717, 1.165) is 38.3 Å². The molecule has 0 spiro atoms. The van der Waals surface area contributed by atoms with Crippen LogP contribution in [0.3, 0.4) is 0 Å². The van der Waals surface area contributed by atoms with Gasteiger partial charge in [0.15, 0.2) is 0 Å². The number of rotatable bonds is 9. The Hall–Kier alpha value is -1.06. The van der Waals surface area contributed by atoms with E-state index in [1.807, 2.05) is 12.1 Å². The third-order valence-electron chi connectivity index (χ3n) is 2.88. The molecule has 0 fully saturated rings. The molecule has 3 nitrogen and oxygen atoms in total. The van der Waals surface area contributed by atoms with Crippen LogP contribution in [0.25, 0.3) is 0 Å². The zero-order valence-corrected chi connectivity index (χ0v) is 11.7. The Bertz CT molecular complexity index is 311. The molecular formula is C15H25NO2. The maximum absolute atomic E-state index is 5.94. The summed E-state index contributed by atoms with van der Waals surface area (Å²) in [5.74, 6) is 0.884. The molecule has 0 heterocycles. The van der Waals surface area contributed by atoms with Crippen molar-refractivity contribution in [2.75, 3.05) is 26.8 Å². The normalized spacial score (nSPS) is 12.4. The van der Waals surface area contributed by atoms with Crippen molar-refractivity contribution < 1.29 is 9.47 Å². The van der Waals surface area contributed by atoms with E-state index in [2.05, 4.69) is 31.3 Å². The van der Waals surface area contributed by atoms with Crippen LogP contribution in [0.2, 0.25) is 0 Å². The fraction of sp³-hybridized carbons (Fsp3) is 0.600. The van der Waals surface area contributed by atoms with Crippen LogP contribution < -0.4 is 10.1 Å². The summed E-state index contributed by atoms with van der Waals surface area (Å²) in [5, 5.41) is 3.35. The largest absolute Gasteiger partial charge is 0.497 e. The molecule has 0 amide bonds. The molecule has 1 atom stereocenters. The molecule has 0 aliphatic carbocycles. The van der Waals surface area contributed by atoms with Crippen molar-refractivity contribution in [1.29, 1.82) is 0 Å². The first-order chi connectivity index (χ1) is 8.81. The molecule has 1 unspecified atom stereocenters. The van der Waals surface area contributed by atoms with E-state index in [-0.39, 0.29) is 6.10 Å². The number of hydrogen-bond acceptors (Lipinski definition) is 3. The molecule has 0 aliphatic heterocycles. The fourth-order valence-electron chi connectivity index (χ4n) is 1.74. The van der Waals surface area contributed by atoms with Gasteiger partial charge in [0, 0.05) is 13.2 Å². The third-order valence-corrected chi connectivity index (χ3v) is 2.88. The van der Waals surface area contributed by atoms with E-state index in [1.165, 1.54) is 5.56 Å². The number of methoxy groups -OCH3 is 1. The van der Waals surface area contributed by atoms with Crippen molar-refractivity contribution >= 4 is 0 Å². The highest BCUT2D eigenvalue weighted by Gasteiger charge is 2.11. The lowest BCUT2D eigenvalue weighted by Crippen LogP contribution is -2.23. The van der Waals surface area contributed by atoms with E-state index in [1.54, 1.807) is 7.11 Å². The van der Waals surface area contributed by atoms with Gasteiger partial charge >= 0.3 is 0 Å². The van der Waals surface area contributed by atoms with Crippen LogP contribution in [-0.2, 0) is 4.74 Å². The summed E-state index contributed by atoms with van der Waals surface area (Å²) in [4.78, 5) is 0. The van der Waals surface area contributed by atoms with Gasteiger partial charge in [0.2, 0.25) is 0 Å². The summed E-state index contributed by atoms with van der Waals surface area (Å²) in [6.45, 7) is 6.92. The average molecular weight is 251 g/mol. The predicted molar refractivity (Wildman–Crippen MR) is 75.1 cm³/mol. The van der Waals surface area contributed by atoms with Crippen molar-refractivity contribution in [3.63, 3.8) is 0 Å². The number of ether oxygens (including phenoxy) is 2. The lowest BCUT2D eigenvalue weighted by molar-refractivity contribution is 0.0510. The molecule has 0 aromatic heterocycles. The van der Waals surface area contributed by atoms with Crippen molar-refractivity contribution in [2.24, 2.45) is 0 Å². The number of benzene rings is 1. The molecule has 1 N–H and O–H groups in total. The van der Waals surface area contributed by atoms with Crippen LogP contribution in [0.4, 0.5) is 0 Å². The second kappa shape index (κ2) is 8.95. The standard InChI is InChI=1S/C15H25NO2/c1-4-6-11-18-15(12-16-5-2)13-7-9-14(17-3)10-8-13/h7-10,15-16H,4-6,11-12H2,1-3H3. The number of nitrogens with one attached hydrogen (secondary N) is 1. The van der Waals surface area contributed by atoms with Gasteiger partial charge in [-0.05, 0) is 30.7 Å². The molecule has 1 rings (SSSR count). The maximum atomic E-state index is 5.94. The predicted octanol–water partition coefficient (Wildman–Crippen LogP) is 3.16. The molecule has 0 radical (unpaired) electrons. The van der Waals surface area contributed by atoms with Gasteiger partial charge in [0.05, 0.1) is 13.2 Å². The van der Waals surface area contributed by atoms with Gasteiger partial charge in [-0.15, -0.1) is 0 Å². The lowest BCUT2D eigenvalue weighted by Gasteiger charge is -2.19. The number of unbranched alkanes of at least 4 members (excludes halogenated alkanes) is 1. The summed E-state index contributed by atoms with van der Waals surface area (Å²) < 4.78 is 11.1. The van der Waals surface area contributed by atoms with Crippen LogP contribution in [0.1, 0.15) is 38.4 Å². The monoisotopic (exact) mass is 251 g/mol. The van der Waals surface area contributed by atoms with Crippen molar-refractivity contribution in [3.8, 4) is 5.75 Å². The molecule has 1 aromatic carbocycles. The Morgan fingerprint density at radius 1 is 1.17 bits per heavy atom. The Labute approximate surface area is 110 Å². The first-order valence-electron chi connectivity index (χ1n) is 6.78. The SMILES string of the molecule is CCCCOC(CNCC)c1ccc(OC)cc1. The second-order valence-electron chi connectivity index (χ2n) is 4.29. The lowest BCUT2D eigenvalue weighted by atomic mass is 10.1. The smallest absolute Gasteiger partial charge is 0.118 e.